The van der Waals surface area contributed by atoms with Crippen molar-refractivity contribution in [1.29, 1.82) is 0 Å². The zero-order valence-corrected chi connectivity index (χ0v) is 15.8. The summed E-state index contributed by atoms with van der Waals surface area (Å²) in [4.78, 5) is 1.28. The Labute approximate surface area is 154 Å². The largest absolute Gasteiger partial charge is 0.467 e. The molecule has 4 nitrogen and oxygen atoms in total. The average molecular weight is 362 g/mol. The second-order valence-corrected chi connectivity index (χ2v) is 5.98. The van der Waals surface area contributed by atoms with Crippen molar-refractivity contribution < 1.29 is 18.6 Å². The van der Waals surface area contributed by atoms with Gasteiger partial charge in [-0.2, -0.15) is 0 Å². The van der Waals surface area contributed by atoms with Gasteiger partial charge in [0, 0.05) is 26.2 Å². The van der Waals surface area contributed by atoms with Crippen molar-refractivity contribution in [2.45, 2.75) is 19.8 Å². The molecule has 2 aromatic heterocycles. The molecule has 0 aliphatic rings. The number of hydrogen-bond donors (Lipinski definition) is 0. The molecule has 136 valence electrons. The van der Waals surface area contributed by atoms with Crippen LogP contribution >= 0.6 is 11.3 Å². The fourth-order valence-electron chi connectivity index (χ4n) is 1.81. The Bertz CT molecular complexity index is 570. The van der Waals surface area contributed by atoms with Crippen LogP contribution in [0.1, 0.15) is 16.2 Å². The Hall–Kier alpha value is -1.92. The molecule has 3 rings (SSSR count). The van der Waals surface area contributed by atoms with Crippen molar-refractivity contribution in [3.63, 3.8) is 0 Å². The predicted molar refractivity (Wildman–Crippen MR) is 102 cm³/mol. The van der Waals surface area contributed by atoms with Gasteiger partial charge in [-0.3, -0.25) is 0 Å². The fourth-order valence-corrected chi connectivity index (χ4v) is 2.49. The molecule has 1 aromatic carbocycles. The molecular formula is C20H26O4S. The molecule has 0 fully saturated rings. The molecule has 0 amide bonds. The lowest BCUT2D eigenvalue weighted by atomic mass is 10.2. The van der Waals surface area contributed by atoms with E-state index >= 15 is 0 Å². The highest BCUT2D eigenvalue weighted by atomic mass is 32.1. The van der Waals surface area contributed by atoms with Gasteiger partial charge in [0.25, 0.3) is 0 Å². The minimum Gasteiger partial charge on any atom is -0.467 e. The molecule has 0 radical (unpaired) electrons. The Balaban J connectivity index is 0.000000188. The van der Waals surface area contributed by atoms with E-state index in [0.717, 1.165) is 12.4 Å². The van der Waals surface area contributed by atoms with Gasteiger partial charge in [-0.25, -0.2) is 0 Å². The summed E-state index contributed by atoms with van der Waals surface area (Å²) in [7, 11) is 5.05. The van der Waals surface area contributed by atoms with Crippen LogP contribution in [0.5, 0.6) is 0 Å². The smallest absolute Gasteiger partial charge is 0.129 e. The van der Waals surface area contributed by atoms with E-state index in [9.17, 15) is 0 Å². The lowest BCUT2D eigenvalue weighted by Crippen LogP contribution is -1.84. The van der Waals surface area contributed by atoms with Gasteiger partial charge < -0.3 is 18.6 Å². The zero-order chi connectivity index (χ0) is 18.2. The monoisotopic (exact) mass is 362 g/mol. The summed E-state index contributed by atoms with van der Waals surface area (Å²) < 4.78 is 19.6. The highest BCUT2D eigenvalue weighted by Gasteiger charge is 1.89. The summed E-state index contributed by atoms with van der Waals surface area (Å²) in [6, 6.07) is 17.9. The first-order valence-corrected chi connectivity index (χ1v) is 8.73. The Morgan fingerprint density at radius 2 is 1.48 bits per heavy atom. The van der Waals surface area contributed by atoms with Gasteiger partial charge in [0.05, 0.1) is 19.5 Å². The van der Waals surface area contributed by atoms with E-state index in [2.05, 4.69) is 6.07 Å². The number of ether oxygens (including phenoxy) is 3. The maximum absolute atomic E-state index is 4.95. The normalized spacial score (nSPS) is 9.56. The van der Waals surface area contributed by atoms with Crippen molar-refractivity contribution in [2.24, 2.45) is 0 Å². The van der Waals surface area contributed by atoms with Crippen molar-refractivity contribution in [1.82, 2.24) is 0 Å². The molecule has 0 aliphatic heterocycles. The SMILES string of the molecule is COCc1ccccc1.COCc1ccco1.COCc1cccs1. The third-order valence-corrected chi connectivity index (χ3v) is 3.74. The average Bonchev–Trinajstić information content (AvgIpc) is 3.32. The Morgan fingerprint density at radius 1 is 0.760 bits per heavy atom. The van der Waals surface area contributed by atoms with Crippen LogP contribution in [0.25, 0.3) is 0 Å². The van der Waals surface area contributed by atoms with E-state index in [1.54, 1.807) is 38.9 Å². The van der Waals surface area contributed by atoms with Crippen molar-refractivity contribution in [2.75, 3.05) is 21.3 Å². The fraction of sp³-hybridized carbons (Fsp3) is 0.300. The highest BCUT2D eigenvalue weighted by molar-refractivity contribution is 7.09. The van der Waals surface area contributed by atoms with Gasteiger partial charge in [-0.15, -0.1) is 11.3 Å². The maximum atomic E-state index is 4.95. The molecule has 5 heteroatoms. The summed E-state index contributed by atoms with van der Waals surface area (Å²) >= 11 is 1.72. The number of hydrogen-bond acceptors (Lipinski definition) is 5. The second kappa shape index (κ2) is 14.4. The molecule has 25 heavy (non-hydrogen) atoms. The standard InChI is InChI=1S/C8H10O.C6H8O2.C6H8OS/c1-9-7-8-5-3-2-4-6-8;2*1-7-5-6-3-2-4-8-6/h2-6H,7H2,1H3;2*2-4H,5H2,1H3. The van der Waals surface area contributed by atoms with Crippen LogP contribution in [0.3, 0.4) is 0 Å². The molecule has 0 bridgehead atoms. The van der Waals surface area contributed by atoms with Gasteiger partial charge in [0.1, 0.15) is 12.4 Å². The molecule has 0 atom stereocenters. The molecule has 0 saturated heterocycles. The topological polar surface area (TPSA) is 40.8 Å². The minimum absolute atomic E-state index is 0.562. The van der Waals surface area contributed by atoms with Crippen LogP contribution < -0.4 is 0 Å². The quantitative estimate of drug-likeness (QED) is 0.608. The summed E-state index contributed by atoms with van der Waals surface area (Å²) in [6.07, 6.45) is 1.63. The van der Waals surface area contributed by atoms with Crippen molar-refractivity contribution >= 4 is 11.3 Å². The van der Waals surface area contributed by atoms with Gasteiger partial charge >= 0.3 is 0 Å². The number of methoxy groups -OCH3 is 3. The number of furan rings is 1. The Morgan fingerprint density at radius 3 is 2.00 bits per heavy atom. The second-order valence-electron chi connectivity index (χ2n) is 4.94. The zero-order valence-electron chi connectivity index (χ0n) is 15.0. The summed E-state index contributed by atoms with van der Waals surface area (Å²) in [5, 5.41) is 2.05. The molecular weight excluding hydrogens is 336 g/mol. The van der Waals surface area contributed by atoms with E-state index in [0.29, 0.717) is 13.2 Å². The molecule has 2 heterocycles. The van der Waals surface area contributed by atoms with Crippen LogP contribution in [0.4, 0.5) is 0 Å². The van der Waals surface area contributed by atoms with E-state index in [4.69, 9.17) is 18.6 Å². The van der Waals surface area contributed by atoms with Gasteiger partial charge in [-0.05, 0) is 29.1 Å². The first kappa shape index (κ1) is 21.1. The summed E-state index contributed by atoms with van der Waals surface area (Å²) in [5.74, 6) is 0.868. The summed E-state index contributed by atoms with van der Waals surface area (Å²) in [6.45, 7) is 2.02. The van der Waals surface area contributed by atoms with Gasteiger partial charge in [-0.1, -0.05) is 36.4 Å². The van der Waals surface area contributed by atoms with Crippen LogP contribution in [0, 0.1) is 0 Å². The third-order valence-electron chi connectivity index (χ3n) is 2.89. The van der Waals surface area contributed by atoms with Crippen LogP contribution in [-0.4, -0.2) is 21.3 Å². The first-order valence-electron chi connectivity index (χ1n) is 7.85. The van der Waals surface area contributed by atoms with Crippen LogP contribution in [-0.2, 0) is 34.0 Å². The van der Waals surface area contributed by atoms with Gasteiger partial charge in [0.15, 0.2) is 0 Å². The van der Waals surface area contributed by atoms with Crippen LogP contribution in [0.15, 0.2) is 70.7 Å². The minimum atomic E-state index is 0.562. The van der Waals surface area contributed by atoms with Gasteiger partial charge in [0.2, 0.25) is 0 Å². The number of rotatable bonds is 6. The lowest BCUT2D eigenvalue weighted by Gasteiger charge is -1.95. The maximum Gasteiger partial charge on any atom is 0.129 e. The number of thiophene rings is 1. The first-order chi connectivity index (χ1) is 12.3. The van der Waals surface area contributed by atoms with Crippen LogP contribution in [0.2, 0.25) is 0 Å². The molecule has 0 saturated carbocycles. The van der Waals surface area contributed by atoms with Crippen molar-refractivity contribution in [3.8, 4) is 0 Å². The van der Waals surface area contributed by atoms with E-state index in [1.807, 2.05) is 53.9 Å². The number of benzene rings is 1. The van der Waals surface area contributed by atoms with Crippen molar-refractivity contribution in [3.05, 3.63) is 82.4 Å². The molecule has 0 aliphatic carbocycles. The lowest BCUT2D eigenvalue weighted by molar-refractivity contribution is 0.164. The molecule has 3 aromatic rings. The Kier molecular flexibility index (Phi) is 12.2. The molecule has 0 unspecified atom stereocenters. The molecule has 0 spiro atoms. The van der Waals surface area contributed by atoms with E-state index in [-0.39, 0.29) is 0 Å². The molecule has 0 N–H and O–H groups in total. The highest BCUT2D eigenvalue weighted by Crippen LogP contribution is 2.08. The summed E-state index contributed by atoms with van der Waals surface area (Å²) in [5.41, 5.74) is 1.22. The predicted octanol–water partition coefficient (Wildman–Crippen LogP) is 5.15. The van der Waals surface area contributed by atoms with E-state index < -0.39 is 0 Å². The van der Waals surface area contributed by atoms with E-state index in [1.165, 1.54) is 10.4 Å². The third kappa shape index (κ3) is 10.5.